The maximum Gasteiger partial charge on any atom is 0.328 e. The summed E-state index contributed by atoms with van der Waals surface area (Å²) in [4.78, 5) is 13.7. The fourth-order valence-corrected chi connectivity index (χ4v) is 2.14. The van der Waals surface area contributed by atoms with Crippen LogP contribution in [0.15, 0.2) is 11.0 Å². The monoisotopic (exact) mass is 310 g/mol. The highest BCUT2D eigenvalue weighted by molar-refractivity contribution is 7.71. The van der Waals surface area contributed by atoms with Gasteiger partial charge in [0.25, 0.3) is 0 Å². The van der Waals surface area contributed by atoms with E-state index in [9.17, 15) is 23.8 Å². The van der Waals surface area contributed by atoms with Crippen molar-refractivity contribution in [2.75, 3.05) is 13.3 Å². The number of aliphatic hydroxyl groups is 3. The lowest BCUT2D eigenvalue weighted by Gasteiger charge is -2.26. The molecule has 0 aromatic carbocycles. The molecule has 0 saturated carbocycles. The molecule has 0 amide bonds. The van der Waals surface area contributed by atoms with E-state index in [0.717, 1.165) is 0 Å². The van der Waals surface area contributed by atoms with Crippen molar-refractivity contribution >= 4 is 12.2 Å². The van der Waals surface area contributed by atoms with Crippen molar-refractivity contribution in [1.29, 1.82) is 0 Å². The number of aromatic amines is 1. The van der Waals surface area contributed by atoms with Gasteiger partial charge in [-0.25, -0.2) is 13.6 Å². The average Bonchev–Trinajstić information content (AvgIpc) is 2.68. The molecule has 2 rings (SSSR count). The first-order chi connectivity index (χ1) is 9.36. The molecule has 2 heterocycles. The maximum absolute atomic E-state index is 13.4. The summed E-state index contributed by atoms with van der Waals surface area (Å²) in [6.45, 7) is -2.21. The van der Waals surface area contributed by atoms with Crippen LogP contribution in [-0.4, -0.2) is 56.0 Å². The van der Waals surface area contributed by atoms with E-state index >= 15 is 0 Å². The van der Waals surface area contributed by atoms with Crippen LogP contribution in [0.3, 0.4) is 0 Å². The largest absolute Gasteiger partial charge is 0.393 e. The number of nitrogens with one attached hydrogen (secondary N) is 1. The van der Waals surface area contributed by atoms with Crippen molar-refractivity contribution in [3.8, 4) is 0 Å². The number of alkyl halides is 1. The lowest BCUT2D eigenvalue weighted by molar-refractivity contribution is -0.138. The van der Waals surface area contributed by atoms with Crippen LogP contribution in [0.4, 0.5) is 8.78 Å². The predicted molar refractivity (Wildman–Crippen MR) is 63.8 cm³/mol. The highest BCUT2D eigenvalue weighted by Gasteiger charge is 2.55. The summed E-state index contributed by atoms with van der Waals surface area (Å²) in [5.74, 6) is -0.952. The van der Waals surface area contributed by atoms with Gasteiger partial charge in [-0.2, -0.15) is 0 Å². The highest BCUT2D eigenvalue weighted by Crippen LogP contribution is 2.36. The molecule has 112 valence electrons. The third-order valence-corrected chi connectivity index (χ3v) is 3.50. The first-order valence-corrected chi connectivity index (χ1v) is 5.99. The molecule has 4 N–H and O–H groups in total. The Morgan fingerprint density at radius 2 is 2.20 bits per heavy atom. The Hall–Kier alpha value is -1.20. The lowest BCUT2D eigenvalue weighted by Crippen LogP contribution is -2.48. The molecule has 1 saturated heterocycles. The third kappa shape index (κ3) is 2.19. The zero-order valence-corrected chi connectivity index (χ0v) is 10.8. The summed E-state index contributed by atoms with van der Waals surface area (Å²) in [5.41, 5.74) is -2.97. The second kappa shape index (κ2) is 5.30. The minimum absolute atomic E-state index is 0.432. The van der Waals surface area contributed by atoms with Crippen LogP contribution in [0.25, 0.3) is 0 Å². The zero-order valence-electron chi connectivity index (χ0n) is 9.99. The topological polar surface area (TPSA) is 108 Å². The normalized spacial score (nSPS) is 33.5. The van der Waals surface area contributed by atoms with Gasteiger partial charge < -0.3 is 20.1 Å². The molecule has 1 aromatic heterocycles. The molecule has 1 aliphatic heterocycles. The number of nitrogens with zero attached hydrogens (tertiary/aromatic N) is 1. The van der Waals surface area contributed by atoms with E-state index in [1.54, 1.807) is 0 Å². The summed E-state index contributed by atoms with van der Waals surface area (Å²) < 4.78 is 31.6. The molecule has 1 aromatic rings. The molecular formula is C10H12F2N2O5S. The average molecular weight is 310 g/mol. The molecule has 0 radical (unpaired) electrons. The Balaban J connectivity index is 2.47. The quantitative estimate of drug-likeness (QED) is 0.533. The Bertz CT molecular complexity index is 614. The number of ether oxygens (including phenoxy) is 1. The van der Waals surface area contributed by atoms with Crippen molar-refractivity contribution in [2.45, 2.75) is 24.0 Å². The van der Waals surface area contributed by atoms with Gasteiger partial charge in [-0.15, -0.1) is 0 Å². The Morgan fingerprint density at radius 3 is 2.70 bits per heavy atom. The molecule has 1 fully saturated rings. The molecule has 1 unspecified atom stereocenters. The van der Waals surface area contributed by atoms with Crippen LogP contribution in [0, 0.1) is 10.5 Å². The molecule has 0 bridgehead atoms. The van der Waals surface area contributed by atoms with Crippen molar-refractivity contribution in [2.24, 2.45) is 0 Å². The van der Waals surface area contributed by atoms with Gasteiger partial charge in [-0.3, -0.25) is 9.55 Å². The van der Waals surface area contributed by atoms with Crippen molar-refractivity contribution in [1.82, 2.24) is 9.55 Å². The molecule has 0 spiro atoms. The van der Waals surface area contributed by atoms with E-state index in [1.807, 2.05) is 4.98 Å². The molecule has 0 aliphatic carbocycles. The minimum Gasteiger partial charge on any atom is -0.393 e. The van der Waals surface area contributed by atoms with Crippen LogP contribution in [-0.2, 0) is 4.74 Å². The van der Waals surface area contributed by atoms with Crippen molar-refractivity contribution < 1.29 is 28.8 Å². The van der Waals surface area contributed by atoms with Gasteiger partial charge in [-0.05, 0) is 0 Å². The maximum atomic E-state index is 13.4. The predicted octanol–water partition coefficient (Wildman–Crippen LogP) is -1.00. The van der Waals surface area contributed by atoms with Gasteiger partial charge in [0.2, 0.25) is 0 Å². The van der Waals surface area contributed by atoms with Gasteiger partial charge in [-0.1, -0.05) is 12.2 Å². The number of aromatic nitrogens is 2. The molecule has 20 heavy (non-hydrogen) atoms. The SMILES string of the molecule is O=c1[nH]c(=S)c(F)cn1[C@@H]1O[C@@](CO)(CF)C(O)[C@@H]1O. The first-order valence-electron chi connectivity index (χ1n) is 5.58. The molecule has 1 aliphatic rings. The van der Waals surface area contributed by atoms with Gasteiger partial charge in [0, 0.05) is 0 Å². The Kier molecular flexibility index (Phi) is 4.02. The van der Waals surface area contributed by atoms with E-state index in [1.165, 1.54) is 0 Å². The van der Waals surface area contributed by atoms with Gasteiger partial charge in [0.1, 0.15) is 23.5 Å². The van der Waals surface area contributed by atoms with E-state index in [4.69, 9.17) is 9.84 Å². The summed E-state index contributed by atoms with van der Waals surface area (Å²) in [5, 5.41) is 28.7. The smallest absolute Gasteiger partial charge is 0.328 e. The van der Waals surface area contributed by atoms with Crippen LogP contribution in [0.2, 0.25) is 0 Å². The first kappa shape index (κ1) is 15.2. The van der Waals surface area contributed by atoms with Crippen LogP contribution in [0.5, 0.6) is 0 Å². The molecule has 4 atom stereocenters. The highest BCUT2D eigenvalue weighted by atomic mass is 32.1. The molecule has 10 heteroatoms. The fourth-order valence-electron chi connectivity index (χ4n) is 2.00. The van der Waals surface area contributed by atoms with E-state index in [-0.39, 0.29) is 0 Å². The fraction of sp³-hybridized carbons (Fsp3) is 0.600. The van der Waals surface area contributed by atoms with Crippen LogP contribution >= 0.6 is 12.2 Å². The Labute approximate surface area is 116 Å². The van der Waals surface area contributed by atoms with Crippen molar-refractivity contribution in [3.63, 3.8) is 0 Å². The van der Waals surface area contributed by atoms with Crippen molar-refractivity contribution in [3.05, 3.63) is 27.1 Å². The van der Waals surface area contributed by atoms with E-state index in [0.29, 0.717) is 10.8 Å². The summed E-state index contributed by atoms with van der Waals surface area (Å²) in [6.07, 6.45) is -4.38. The lowest BCUT2D eigenvalue weighted by atomic mass is 9.98. The summed E-state index contributed by atoms with van der Waals surface area (Å²) in [7, 11) is 0. The summed E-state index contributed by atoms with van der Waals surface area (Å²) in [6, 6.07) is 0. The number of halogens is 2. The van der Waals surface area contributed by atoms with E-state index < -0.39 is 53.5 Å². The number of rotatable bonds is 3. The zero-order chi connectivity index (χ0) is 15.1. The second-order valence-corrected chi connectivity index (χ2v) is 4.85. The van der Waals surface area contributed by atoms with Gasteiger partial charge in [0.15, 0.2) is 17.6 Å². The standard InChI is InChI=1S/C10H12F2N2O5S/c11-2-10(3-15)6(17)5(16)8(19-10)14-1-4(12)7(20)13-9(14)18/h1,5-6,8,15-17H,2-3H2,(H,13,18,20)/t5-,6?,8+,10+/m0/s1. The second-order valence-electron chi connectivity index (χ2n) is 4.44. The summed E-state index contributed by atoms with van der Waals surface area (Å²) >= 11 is 4.52. The number of hydrogen-bond donors (Lipinski definition) is 4. The van der Waals surface area contributed by atoms with Crippen LogP contribution < -0.4 is 5.69 Å². The minimum atomic E-state index is -2.06. The third-order valence-electron chi connectivity index (χ3n) is 3.20. The number of aliphatic hydroxyl groups excluding tert-OH is 3. The number of hydrogen-bond acceptors (Lipinski definition) is 6. The molecular weight excluding hydrogens is 298 g/mol. The van der Waals surface area contributed by atoms with Gasteiger partial charge >= 0.3 is 5.69 Å². The number of H-pyrrole nitrogens is 1. The van der Waals surface area contributed by atoms with Crippen LogP contribution in [0.1, 0.15) is 6.23 Å². The van der Waals surface area contributed by atoms with E-state index in [2.05, 4.69) is 12.2 Å². The Morgan fingerprint density at radius 1 is 1.55 bits per heavy atom. The van der Waals surface area contributed by atoms with Gasteiger partial charge in [0.05, 0.1) is 12.8 Å². The molecule has 7 nitrogen and oxygen atoms in total.